The molecule has 0 atom stereocenters. The quantitative estimate of drug-likeness (QED) is 0.171. The fourth-order valence-electron chi connectivity index (χ4n) is 5.52. The molecule has 3 N–H and O–H groups in total. The molecule has 1 saturated heterocycles. The van der Waals surface area contributed by atoms with Gasteiger partial charge in [0.2, 0.25) is 11.7 Å². The highest BCUT2D eigenvalue weighted by Crippen LogP contribution is 2.41. The van der Waals surface area contributed by atoms with Crippen molar-refractivity contribution in [2.45, 2.75) is 13.8 Å². The van der Waals surface area contributed by atoms with E-state index in [1.54, 1.807) is 20.4 Å². The lowest BCUT2D eigenvalue weighted by Crippen LogP contribution is -2.45. The average Bonchev–Trinajstić information content (AvgIpc) is 3.48. The molecule has 0 amide bonds. The van der Waals surface area contributed by atoms with Crippen LogP contribution in [0.2, 0.25) is 0 Å². The van der Waals surface area contributed by atoms with Gasteiger partial charge in [-0.05, 0) is 44.2 Å². The number of rotatable bonds is 11. The molecule has 2 aromatic heterocycles. The summed E-state index contributed by atoms with van der Waals surface area (Å²) in [5.74, 6) is 3.37. The minimum atomic E-state index is 0.402. The van der Waals surface area contributed by atoms with Crippen molar-refractivity contribution < 1.29 is 14.2 Å². The number of aryl methyl sites for hydroxylation is 2. The number of piperazine rings is 1. The summed E-state index contributed by atoms with van der Waals surface area (Å²) in [4.78, 5) is 22.6. The van der Waals surface area contributed by atoms with Crippen LogP contribution in [-0.2, 0) is 0 Å². The summed E-state index contributed by atoms with van der Waals surface area (Å²) in [6.45, 7) is 9.69. The van der Waals surface area contributed by atoms with Gasteiger partial charge < -0.3 is 34.7 Å². The highest BCUT2D eigenvalue weighted by atomic mass is 16.5. The van der Waals surface area contributed by atoms with E-state index in [4.69, 9.17) is 24.2 Å². The van der Waals surface area contributed by atoms with Crippen LogP contribution in [0.3, 0.4) is 0 Å². The first-order valence-electron chi connectivity index (χ1n) is 15.1. The van der Waals surface area contributed by atoms with Crippen LogP contribution in [0.15, 0.2) is 60.8 Å². The van der Waals surface area contributed by atoms with Crippen LogP contribution in [0, 0.1) is 13.8 Å². The summed E-state index contributed by atoms with van der Waals surface area (Å²) < 4.78 is 17.6. The standard InChI is InChI=1S/C34H40N8O3/c1-22-9-8-10-23(2)30(22)39-33-25(32-37-26-11-6-7-12-27(26)38-32)21-35-34(40-33)36-24-19-28(43-4)31(44-5)29(20-24)45-18-17-42-15-13-41(3)14-16-42/h6-12,19-21H,13-18H2,1-5H3,(H,37,38)(H2,35,36,39,40). The van der Waals surface area contributed by atoms with Crippen molar-refractivity contribution in [3.63, 3.8) is 0 Å². The van der Waals surface area contributed by atoms with Gasteiger partial charge >= 0.3 is 0 Å². The maximum Gasteiger partial charge on any atom is 0.229 e. The fraction of sp³-hybridized carbons (Fsp3) is 0.324. The van der Waals surface area contributed by atoms with Gasteiger partial charge in [-0.15, -0.1) is 0 Å². The number of hydrogen-bond donors (Lipinski definition) is 3. The Morgan fingerprint density at radius 3 is 2.36 bits per heavy atom. The number of hydrogen-bond acceptors (Lipinski definition) is 10. The number of para-hydroxylation sites is 3. The Bertz CT molecular complexity index is 1730. The third-order valence-corrected chi connectivity index (χ3v) is 8.12. The predicted molar refractivity (Wildman–Crippen MR) is 179 cm³/mol. The van der Waals surface area contributed by atoms with E-state index in [2.05, 4.69) is 63.4 Å². The molecule has 5 aromatic rings. The van der Waals surface area contributed by atoms with E-state index in [0.717, 1.165) is 66.1 Å². The van der Waals surface area contributed by atoms with Gasteiger partial charge in [0.15, 0.2) is 11.5 Å². The van der Waals surface area contributed by atoms with Gasteiger partial charge in [0.25, 0.3) is 0 Å². The van der Waals surface area contributed by atoms with Crippen LogP contribution < -0.4 is 24.8 Å². The number of benzene rings is 3. The Balaban J connectivity index is 1.30. The Morgan fingerprint density at radius 1 is 0.867 bits per heavy atom. The van der Waals surface area contributed by atoms with E-state index in [1.807, 2.05) is 42.5 Å². The molecule has 11 nitrogen and oxygen atoms in total. The van der Waals surface area contributed by atoms with Gasteiger partial charge in [-0.1, -0.05) is 30.3 Å². The Kier molecular flexibility index (Phi) is 8.99. The lowest BCUT2D eigenvalue weighted by Gasteiger charge is -2.32. The van der Waals surface area contributed by atoms with Crippen LogP contribution in [0.25, 0.3) is 22.4 Å². The van der Waals surface area contributed by atoms with Gasteiger partial charge in [0, 0.05) is 62.4 Å². The maximum atomic E-state index is 6.25. The molecular formula is C34H40N8O3. The summed E-state index contributed by atoms with van der Waals surface area (Å²) in [6, 6.07) is 17.9. The second-order valence-electron chi connectivity index (χ2n) is 11.3. The molecule has 0 radical (unpaired) electrons. The van der Waals surface area contributed by atoms with E-state index in [9.17, 15) is 0 Å². The molecule has 1 aliphatic heterocycles. The largest absolute Gasteiger partial charge is 0.493 e. The number of imidazole rings is 1. The first-order valence-corrected chi connectivity index (χ1v) is 15.1. The monoisotopic (exact) mass is 608 g/mol. The van der Waals surface area contributed by atoms with Crippen LogP contribution in [-0.4, -0.2) is 90.3 Å². The molecule has 3 aromatic carbocycles. The number of aromatic nitrogens is 4. The topological polar surface area (TPSA) is 113 Å². The van der Waals surface area contributed by atoms with Crippen molar-refractivity contribution in [1.29, 1.82) is 0 Å². The third-order valence-electron chi connectivity index (χ3n) is 8.12. The Hall–Kier alpha value is -4.87. The number of fused-ring (bicyclic) bond motifs is 1. The molecule has 0 bridgehead atoms. The van der Waals surface area contributed by atoms with Crippen molar-refractivity contribution in [3.8, 4) is 28.6 Å². The summed E-state index contributed by atoms with van der Waals surface area (Å²) >= 11 is 0. The summed E-state index contributed by atoms with van der Waals surface area (Å²) in [6.07, 6.45) is 1.78. The second-order valence-corrected chi connectivity index (χ2v) is 11.3. The van der Waals surface area contributed by atoms with Crippen molar-refractivity contribution in [2.24, 2.45) is 0 Å². The van der Waals surface area contributed by atoms with Gasteiger partial charge in [-0.25, -0.2) is 9.97 Å². The van der Waals surface area contributed by atoms with E-state index in [1.165, 1.54) is 0 Å². The van der Waals surface area contributed by atoms with Crippen LogP contribution in [0.1, 0.15) is 11.1 Å². The van der Waals surface area contributed by atoms with Gasteiger partial charge in [0.1, 0.15) is 18.2 Å². The number of nitrogens with zero attached hydrogens (tertiary/aromatic N) is 5. The molecule has 6 rings (SSSR count). The van der Waals surface area contributed by atoms with E-state index >= 15 is 0 Å². The number of likely N-dealkylation sites (N-methyl/N-ethyl adjacent to an activating group) is 1. The average molecular weight is 609 g/mol. The molecule has 0 aliphatic carbocycles. The van der Waals surface area contributed by atoms with Crippen LogP contribution in [0.4, 0.5) is 23.1 Å². The zero-order chi connectivity index (χ0) is 31.3. The fourth-order valence-corrected chi connectivity index (χ4v) is 5.52. The van der Waals surface area contributed by atoms with Crippen LogP contribution >= 0.6 is 0 Å². The molecule has 0 spiro atoms. The van der Waals surface area contributed by atoms with E-state index in [0.29, 0.717) is 47.1 Å². The number of H-pyrrole nitrogens is 1. The van der Waals surface area contributed by atoms with Crippen molar-refractivity contribution in [1.82, 2.24) is 29.7 Å². The molecule has 1 aliphatic rings. The molecule has 0 saturated carbocycles. The minimum Gasteiger partial charge on any atom is -0.493 e. The molecule has 11 heteroatoms. The highest BCUT2D eigenvalue weighted by molar-refractivity contribution is 5.84. The summed E-state index contributed by atoms with van der Waals surface area (Å²) in [5.41, 5.74) is 6.48. The number of nitrogens with one attached hydrogen (secondary N) is 3. The lowest BCUT2D eigenvalue weighted by molar-refractivity contribution is 0.132. The van der Waals surface area contributed by atoms with E-state index < -0.39 is 0 Å². The van der Waals surface area contributed by atoms with Gasteiger partial charge in [-0.3, -0.25) is 4.90 Å². The predicted octanol–water partition coefficient (Wildman–Crippen LogP) is 5.77. The first-order chi connectivity index (χ1) is 21.9. The third kappa shape index (κ3) is 6.79. The molecule has 45 heavy (non-hydrogen) atoms. The molecule has 234 valence electrons. The Morgan fingerprint density at radius 2 is 1.62 bits per heavy atom. The number of ether oxygens (including phenoxy) is 3. The molecular weight excluding hydrogens is 568 g/mol. The normalized spacial score (nSPS) is 14.0. The minimum absolute atomic E-state index is 0.402. The zero-order valence-corrected chi connectivity index (χ0v) is 26.5. The summed E-state index contributed by atoms with van der Waals surface area (Å²) in [7, 11) is 5.38. The highest BCUT2D eigenvalue weighted by Gasteiger charge is 2.19. The smallest absolute Gasteiger partial charge is 0.229 e. The van der Waals surface area contributed by atoms with Crippen LogP contribution in [0.5, 0.6) is 17.2 Å². The van der Waals surface area contributed by atoms with Gasteiger partial charge in [-0.2, -0.15) is 4.98 Å². The zero-order valence-electron chi connectivity index (χ0n) is 26.5. The molecule has 0 unspecified atom stereocenters. The van der Waals surface area contributed by atoms with Crippen molar-refractivity contribution in [3.05, 3.63) is 71.9 Å². The number of aromatic amines is 1. The maximum absolute atomic E-state index is 6.25. The van der Waals surface area contributed by atoms with Gasteiger partial charge in [0.05, 0.1) is 30.8 Å². The molecule has 3 heterocycles. The summed E-state index contributed by atoms with van der Waals surface area (Å²) in [5, 5.41) is 6.92. The SMILES string of the molecule is COc1cc(Nc2ncc(-c3nc4ccccc4[nH]3)c(Nc3c(C)cccc3C)n2)cc(OCCN2CCN(C)CC2)c1OC. The Labute approximate surface area is 263 Å². The van der Waals surface area contributed by atoms with Crippen molar-refractivity contribution in [2.75, 3.05) is 71.2 Å². The first kappa shape index (κ1) is 30.2. The molecule has 1 fully saturated rings. The number of methoxy groups -OCH3 is 2. The number of anilines is 4. The lowest BCUT2D eigenvalue weighted by atomic mass is 10.1. The van der Waals surface area contributed by atoms with E-state index in [-0.39, 0.29) is 0 Å². The second kappa shape index (κ2) is 13.4. The van der Waals surface area contributed by atoms with Crippen molar-refractivity contribution >= 4 is 34.2 Å².